The fourth-order valence-electron chi connectivity index (χ4n) is 2.85. The maximum Gasteiger partial charge on any atom is 0.338 e. The number of amides is 2. The van der Waals surface area contributed by atoms with Gasteiger partial charge in [0.05, 0.1) is 24.3 Å². The molecule has 160 valence electrons. The minimum absolute atomic E-state index is 0.165. The summed E-state index contributed by atoms with van der Waals surface area (Å²) in [5.74, 6) is -0.944. The standard InChI is InChI=1S/C23H28N2O5/c1-5-29-19-13-8-7-12-18(19)21(26)25-20(15(3)4)22(27)24-17-11-9-10-16(14-17)23(28)30-6-2/h7-15,20H,5-6H2,1-4H3,(H,24,27)(H,25,26)/t20-/m0/s1. The van der Waals surface area contributed by atoms with Crippen LogP contribution in [0.5, 0.6) is 5.75 Å². The van der Waals surface area contributed by atoms with Crippen LogP contribution in [0.3, 0.4) is 0 Å². The Balaban J connectivity index is 2.15. The molecule has 0 radical (unpaired) electrons. The van der Waals surface area contributed by atoms with E-state index in [1.165, 1.54) is 0 Å². The van der Waals surface area contributed by atoms with Crippen molar-refractivity contribution in [3.05, 3.63) is 59.7 Å². The summed E-state index contributed by atoms with van der Waals surface area (Å²) in [6.07, 6.45) is 0. The van der Waals surface area contributed by atoms with Crippen molar-refractivity contribution in [2.24, 2.45) is 5.92 Å². The average Bonchev–Trinajstić information content (AvgIpc) is 2.72. The van der Waals surface area contributed by atoms with Crippen molar-refractivity contribution >= 4 is 23.5 Å². The second kappa shape index (κ2) is 11.0. The maximum atomic E-state index is 12.9. The summed E-state index contributed by atoms with van der Waals surface area (Å²) >= 11 is 0. The first-order valence-electron chi connectivity index (χ1n) is 9.98. The molecule has 7 heteroatoms. The highest BCUT2D eigenvalue weighted by atomic mass is 16.5. The molecule has 0 aliphatic rings. The van der Waals surface area contributed by atoms with Gasteiger partial charge in [0.2, 0.25) is 5.91 Å². The van der Waals surface area contributed by atoms with Gasteiger partial charge in [-0.1, -0.05) is 32.0 Å². The molecule has 2 aromatic carbocycles. The van der Waals surface area contributed by atoms with E-state index >= 15 is 0 Å². The number of para-hydroxylation sites is 1. The monoisotopic (exact) mass is 412 g/mol. The third-order valence-electron chi connectivity index (χ3n) is 4.31. The Labute approximate surface area is 176 Å². The molecular weight excluding hydrogens is 384 g/mol. The summed E-state index contributed by atoms with van der Waals surface area (Å²) in [7, 11) is 0. The van der Waals surface area contributed by atoms with E-state index in [9.17, 15) is 14.4 Å². The fourth-order valence-corrected chi connectivity index (χ4v) is 2.85. The Morgan fingerprint density at radius 1 is 0.967 bits per heavy atom. The SMILES string of the molecule is CCOC(=O)c1cccc(NC(=O)[C@@H](NC(=O)c2ccccc2OCC)C(C)C)c1. The second-order valence-corrected chi connectivity index (χ2v) is 6.91. The van der Waals surface area contributed by atoms with E-state index in [4.69, 9.17) is 9.47 Å². The minimum Gasteiger partial charge on any atom is -0.493 e. The molecule has 1 atom stereocenters. The molecule has 2 N–H and O–H groups in total. The first kappa shape index (κ1) is 22.9. The van der Waals surface area contributed by atoms with Crippen molar-refractivity contribution in [1.82, 2.24) is 5.32 Å². The molecule has 0 unspecified atom stereocenters. The number of hydrogen-bond donors (Lipinski definition) is 2. The average molecular weight is 412 g/mol. The van der Waals surface area contributed by atoms with Crippen molar-refractivity contribution in [2.75, 3.05) is 18.5 Å². The van der Waals surface area contributed by atoms with Crippen LogP contribution in [0.1, 0.15) is 48.4 Å². The van der Waals surface area contributed by atoms with E-state index in [0.717, 1.165) is 0 Å². The van der Waals surface area contributed by atoms with E-state index in [2.05, 4.69) is 10.6 Å². The van der Waals surface area contributed by atoms with Crippen LogP contribution in [0.25, 0.3) is 0 Å². The Hall–Kier alpha value is -3.35. The van der Waals surface area contributed by atoms with E-state index < -0.39 is 17.9 Å². The molecule has 30 heavy (non-hydrogen) atoms. The van der Waals surface area contributed by atoms with Crippen molar-refractivity contribution in [1.29, 1.82) is 0 Å². The second-order valence-electron chi connectivity index (χ2n) is 6.91. The normalized spacial score (nSPS) is 11.5. The van der Waals surface area contributed by atoms with Gasteiger partial charge in [-0.15, -0.1) is 0 Å². The topological polar surface area (TPSA) is 93.7 Å². The molecule has 2 rings (SSSR count). The first-order valence-corrected chi connectivity index (χ1v) is 9.98. The van der Waals surface area contributed by atoms with E-state index in [-0.39, 0.29) is 18.4 Å². The van der Waals surface area contributed by atoms with Gasteiger partial charge >= 0.3 is 5.97 Å². The van der Waals surface area contributed by atoms with Crippen LogP contribution in [0.15, 0.2) is 48.5 Å². The molecule has 0 aliphatic heterocycles. The maximum absolute atomic E-state index is 12.9. The van der Waals surface area contributed by atoms with Crippen LogP contribution >= 0.6 is 0 Å². The summed E-state index contributed by atoms with van der Waals surface area (Å²) in [4.78, 5) is 37.6. The molecule has 0 spiro atoms. The van der Waals surface area contributed by atoms with Gasteiger partial charge in [0.25, 0.3) is 5.91 Å². The molecule has 0 saturated heterocycles. The lowest BCUT2D eigenvalue weighted by Crippen LogP contribution is -2.47. The number of anilines is 1. The summed E-state index contributed by atoms with van der Waals surface area (Å²) in [5, 5.41) is 5.55. The van der Waals surface area contributed by atoms with Gasteiger partial charge in [-0.3, -0.25) is 9.59 Å². The molecule has 0 heterocycles. The van der Waals surface area contributed by atoms with Crippen LogP contribution in [-0.2, 0) is 9.53 Å². The zero-order valence-corrected chi connectivity index (χ0v) is 17.7. The number of carbonyl (C=O) groups is 3. The Bertz CT molecular complexity index is 895. The number of hydrogen-bond acceptors (Lipinski definition) is 5. The van der Waals surface area contributed by atoms with Crippen LogP contribution in [0.4, 0.5) is 5.69 Å². The van der Waals surface area contributed by atoms with Gasteiger partial charge in [0.1, 0.15) is 11.8 Å². The molecule has 2 aromatic rings. The molecule has 0 bridgehead atoms. The van der Waals surface area contributed by atoms with Gasteiger partial charge < -0.3 is 20.1 Å². The minimum atomic E-state index is -0.779. The number of esters is 1. The van der Waals surface area contributed by atoms with Crippen LogP contribution < -0.4 is 15.4 Å². The molecule has 7 nitrogen and oxygen atoms in total. The smallest absolute Gasteiger partial charge is 0.338 e. The molecule has 2 amide bonds. The van der Waals surface area contributed by atoms with E-state index in [1.54, 1.807) is 55.5 Å². The zero-order valence-electron chi connectivity index (χ0n) is 17.7. The number of carbonyl (C=O) groups excluding carboxylic acids is 3. The first-order chi connectivity index (χ1) is 14.4. The predicted molar refractivity (Wildman–Crippen MR) is 115 cm³/mol. The van der Waals surface area contributed by atoms with Gasteiger partial charge in [0.15, 0.2) is 0 Å². The molecule has 0 saturated carbocycles. The summed E-state index contributed by atoms with van der Waals surface area (Å²) in [6.45, 7) is 7.93. The van der Waals surface area contributed by atoms with Crippen molar-refractivity contribution in [3.63, 3.8) is 0 Å². The Morgan fingerprint density at radius 2 is 1.70 bits per heavy atom. The number of ether oxygens (including phenoxy) is 2. The lowest BCUT2D eigenvalue weighted by Gasteiger charge is -2.22. The number of nitrogens with one attached hydrogen (secondary N) is 2. The highest BCUT2D eigenvalue weighted by Gasteiger charge is 2.26. The quantitative estimate of drug-likeness (QED) is 0.613. The highest BCUT2D eigenvalue weighted by molar-refractivity contribution is 6.03. The van der Waals surface area contributed by atoms with Crippen LogP contribution in [-0.4, -0.2) is 37.0 Å². The molecule has 0 aromatic heterocycles. The predicted octanol–water partition coefficient (Wildman–Crippen LogP) is 3.66. The largest absolute Gasteiger partial charge is 0.493 e. The van der Waals surface area contributed by atoms with Gasteiger partial charge in [-0.05, 0) is 50.1 Å². The van der Waals surface area contributed by atoms with Crippen molar-refractivity contribution in [3.8, 4) is 5.75 Å². The lowest BCUT2D eigenvalue weighted by molar-refractivity contribution is -0.118. The number of benzene rings is 2. The van der Waals surface area contributed by atoms with Crippen LogP contribution in [0.2, 0.25) is 0 Å². The van der Waals surface area contributed by atoms with Crippen molar-refractivity contribution in [2.45, 2.75) is 33.7 Å². The van der Waals surface area contributed by atoms with Gasteiger partial charge in [-0.25, -0.2) is 4.79 Å². The van der Waals surface area contributed by atoms with E-state index in [1.807, 2.05) is 20.8 Å². The molecule has 0 fully saturated rings. The van der Waals surface area contributed by atoms with Crippen LogP contribution in [0, 0.1) is 5.92 Å². The van der Waals surface area contributed by atoms with E-state index in [0.29, 0.717) is 29.2 Å². The summed E-state index contributed by atoms with van der Waals surface area (Å²) < 4.78 is 10.5. The summed E-state index contributed by atoms with van der Waals surface area (Å²) in [5.41, 5.74) is 1.15. The fraction of sp³-hybridized carbons (Fsp3) is 0.348. The van der Waals surface area contributed by atoms with Crippen molar-refractivity contribution < 1.29 is 23.9 Å². The molecular formula is C23H28N2O5. The number of rotatable bonds is 9. The summed E-state index contributed by atoms with van der Waals surface area (Å²) in [6, 6.07) is 12.6. The zero-order chi connectivity index (χ0) is 22.1. The lowest BCUT2D eigenvalue weighted by atomic mass is 10.0. The third-order valence-corrected chi connectivity index (χ3v) is 4.31. The Kier molecular flexibility index (Phi) is 8.41. The molecule has 0 aliphatic carbocycles. The van der Waals surface area contributed by atoms with Gasteiger partial charge in [-0.2, -0.15) is 0 Å². The Morgan fingerprint density at radius 3 is 2.37 bits per heavy atom. The third kappa shape index (κ3) is 6.07. The van der Waals surface area contributed by atoms with Gasteiger partial charge in [0, 0.05) is 5.69 Å². The highest BCUT2D eigenvalue weighted by Crippen LogP contribution is 2.19.